The number of carbonyl (C=O) groups excluding carboxylic acids is 3. The third-order valence-electron chi connectivity index (χ3n) is 9.49. The van der Waals surface area contributed by atoms with Gasteiger partial charge in [-0.2, -0.15) is 0 Å². The van der Waals surface area contributed by atoms with Crippen molar-refractivity contribution in [1.82, 2.24) is 15.6 Å². The number of likely N-dealkylation sites (N-methyl/N-ethyl adjacent to an activating group) is 1. The van der Waals surface area contributed by atoms with Crippen LogP contribution >= 0.6 is 12.4 Å². The van der Waals surface area contributed by atoms with Crippen LogP contribution in [0, 0.1) is 6.92 Å². The SMILES string of the molecule is CN[C@@H](C)C(=O)N[C@H]1CN(C(=O)c2ccncc2)c2ccccc2N(C(c2cccc3ccccc23)c2c(C)ccc3ccccc23)C1=O.Cl. The van der Waals surface area contributed by atoms with Crippen LogP contribution in [0.25, 0.3) is 21.5 Å². The van der Waals surface area contributed by atoms with Crippen LogP contribution in [-0.4, -0.2) is 48.4 Å². The van der Waals surface area contributed by atoms with Crippen molar-refractivity contribution in [3.8, 4) is 0 Å². The van der Waals surface area contributed by atoms with Gasteiger partial charge in [0.15, 0.2) is 0 Å². The lowest BCUT2D eigenvalue weighted by Gasteiger charge is -2.36. The Morgan fingerprint density at radius 2 is 1.40 bits per heavy atom. The van der Waals surface area contributed by atoms with Crippen molar-refractivity contribution in [1.29, 1.82) is 0 Å². The smallest absolute Gasteiger partial charge is 0.258 e. The monoisotopic (exact) mass is 683 g/mol. The first-order chi connectivity index (χ1) is 23.9. The van der Waals surface area contributed by atoms with Gasteiger partial charge < -0.3 is 15.5 Å². The predicted molar refractivity (Wildman–Crippen MR) is 202 cm³/mol. The van der Waals surface area contributed by atoms with Gasteiger partial charge in [0, 0.05) is 18.0 Å². The summed E-state index contributed by atoms with van der Waals surface area (Å²) in [6, 6.07) is 35.3. The third-order valence-corrected chi connectivity index (χ3v) is 9.49. The van der Waals surface area contributed by atoms with E-state index in [4.69, 9.17) is 0 Å². The Kier molecular flexibility index (Phi) is 9.95. The summed E-state index contributed by atoms with van der Waals surface area (Å²) < 4.78 is 0. The summed E-state index contributed by atoms with van der Waals surface area (Å²) in [4.78, 5) is 50.7. The first kappa shape index (κ1) is 34.3. The van der Waals surface area contributed by atoms with Crippen LogP contribution < -0.4 is 20.4 Å². The van der Waals surface area contributed by atoms with Crippen LogP contribution in [0.3, 0.4) is 0 Å². The molecule has 0 aliphatic carbocycles. The highest BCUT2D eigenvalue weighted by atomic mass is 35.5. The average molecular weight is 684 g/mol. The Labute approximate surface area is 297 Å². The molecular weight excluding hydrogens is 646 g/mol. The first-order valence-electron chi connectivity index (χ1n) is 16.4. The lowest BCUT2D eigenvalue weighted by Crippen LogP contribution is -2.56. The van der Waals surface area contributed by atoms with Crippen molar-refractivity contribution in [3.05, 3.63) is 150 Å². The maximum absolute atomic E-state index is 15.4. The zero-order valence-electron chi connectivity index (χ0n) is 28.0. The van der Waals surface area contributed by atoms with Gasteiger partial charge in [0.2, 0.25) is 5.91 Å². The number of carbonyl (C=O) groups is 3. The molecule has 50 heavy (non-hydrogen) atoms. The summed E-state index contributed by atoms with van der Waals surface area (Å²) in [5.41, 5.74) is 4.48. The summed E-state index contributed by atoms with van der Waals surface area (Å²) in [5, 5.41) is 10.1. The van der Waals surface area contributed by atoms with Gasteiger partial charge in [-0.05, 0) is 83.4 Å². The number of nitrogens with zero attached hydrogens (tertiary/aromatic N) is 3. The van der Waals surface area contributed by atoms with Crippen LogP contribution in [0.5, 0.6) is 0 Å². The fraction of sp³-hybridized carbons (Fsp3) is 0.171. The number of hydrogen-bond acceptors (Lipinski definition) is 5. The molecule has 0 saturated carbocycles. The molecule has 0 saturated heterocycles. The molecule has 0 spiro atoms. The van der Waals surface area contributed by atoms with E-state index < -0.39 is 18.1 Å². The quantitative estimate of drug-likeness (QED) is 0.189. The van der Waals surface area contributed by atoms with Gasteiger partial charge >= 0.3 is 0 Å². The Morgan fingerprint density at radius 1 is 0.780 bits per heavy atom. The molecule has 3 atom stereocenters. The summed E-state index contributed by atoms with van der Waals surface area (Å²) in [6.07, 6.45) is 3.14. The molecule has 1 aliphatic rings. The van der Waals surface area contributed by atoms with Crippen LogP contribution in [0.15, 0.2) is 128 Å². The highest BCUT2D eigenvalue weighted by molar-refractivity contribution is 6.13. The Morgan fingerprint density at radius 3 is 2.12 bits per heavy atom. The Balaban J connectivity index is 0.00000432. The van der Waals surface area contributed by atoms with Crippen LogP contribution in [0.4, 0.5) is 11.4 Å². The zero-order valence-corrected chi connectivity index (χ0v) is 28.9. The van der Waals surface area contributed by atoms with Gasteiger partial charge in [-0.3, -0.25) is 24.3 Å². The van der Waals surface area contributed by atoms with Gasteiger partial charge in [-0.25, -0.2) is 0 Å². The zero-order chi connectivity index (χ0) is 34.1. The molecule has 1 aromatic heterocycles. The number of aromatic nitrogens is 1. The standard InChI is InChI=1S/C41H37N5O3.ClH/c1-26-19-20-29-12-5-7-15-32(29)37(26)38(33-16-10-13-28-11-4-6-14-31(28)33)46-36-18-9-8-17-35(36)45(40(48)30-21-23-43-24-22-30)25-34(41(46)49)44-39(47)27(2)42-3;/h4-24,27,34,38,42H,25H2,1-3H3,(H,44,47);1H/t27-,34-,38?;/m0./s1. The molecule has 8 nitrogen and oxygen atoms in total. The number of nitrogens with one attached hydrogen (secondary N) is 2. The molecule has 1 unspecified atom stereocenters. The lowest BCUT2D eigenvalue weighted by molar-refractivity contribution is -0.128. The van der Waals surface area contributed by atoms with Crippen molar-refractivity contribution in [2.75, 3.05) is 23.4 Å². The van der Waals surface area contributed by atoms with Crippen molar-refractivity contribution >= 4 is 63.0 Å². The number of pyridine rings is 1. The van der Waals surface area contributed by atoms with Crippen molar-refractivity contribution in [2.45, 2.75) is 32.0 Å². The average Bonchev–Trinajstić information content (AvgIpc) is 3.26. The molecule has 2 N–H and O–H groups in total. The summed E-state index contributed by atoms with van der Waals surface area (Å²) in [6.45, 7) is 3.75. The van der Waals surface area contributed by atoms with Crippen LogP contribution in [0.2, 0.25) is 0 Å². The second-order valence-corrected chi connectivity index (χ2v) is 12.4. The summed E-state index contributed by atoms with van der Waals surface area (Å²) >= 11 is 0. The fourth-order valence-electron chi connectivity index (χ4n) is 6.87. The molecule has 6 aromatic rings. The van der Waals surface area contributed by atoms with Gasteiger partial charge in [-0.15, -0.1) is 12.4 Å². The topological polar surface area (TPSA) is 94.6 Å². The van der Waals surface area contributed by atoms with E-state index in [-0.39, 0.29) is 36.7 Å². The normalized spacial score (nSPS) is 15.5. The molecule has 3 amide bonds. The van der Waals surface area contributed by atoms with E-state index in [0.29, 0.717) is 16.9 Å². The molecular formula is C41H38ClN5O3. The van der Waals surface area contributed by atoms with Gasteiger partial charge in [-0.1, -0.05) is 91.0 Å². The Hall–Kier alpha value is -5.57. The fourth-order valence-corrected chi connectivity index (χ4v) is 6.87. The number of para-hydroxylation sites is 2. The van der Waals surface area contributed by atoms with E-state index in [1.165, 1.54) is 0 Å². The number of benzene rings is 5. The Bertz CT molecular complexity index is 2200. The number of aryl methyl sites for hydroxylation is 1. The minimum atomic E-state index is -1.06. The molecule has 2 heterocycles. The largest absolute Gasteiger partial charge is 0.341 e. The van der Waals surface area contributed by atoms with E-state index in [2.05, 4.69) is 71.1 Å². The molecule has 1 aliphatic heterocycles. The van der Waals surface area contributed by atoms with E-state index in [9.17, 15) is 9.59 Å². The van der Waals surface area contributed by atoms with Gasteiger partial charge in [0.1, 0.15) is 6.04 Å². The van der Waals surface area contributed by atoms with Crippen molar-refractivity contribution < 1.29 is 14.4 Å². The minimum Gasteiger partial charge on any atom is -0.341 e. The molecule has 0 bridgehead atoms. The molecule has 0 radical (unpaired) electrons. The third kappa shape index (κ3) is 6.19. The molecule has 7 rings (SSSR count). The minimum absolute atomic E-state index is 0. The first-order valence-corrected chi connectivity index (χ1v) is 16.4. The lowest BCUT2D eigenvalue weighted by atomic mass is 9.86. The highest BCUT2D eigenvalue weighted by Crippen LogP contribution is 2.45. The highest BCUT2D eigenvalue weighted by Gasteiger charge is 2.42. The maximum Gasteiger partial charge on any atom is 0.258 e. The summed E-state index contributed by atoms with van der Waals surface area (Å²) in [5.74, 6) is -0.959. The number of fused-ring (bicyclic) bond motifs is 3. The van der Waals surface area contributed by atoms with E-state index in [0.717, 1.165) is 38.2 Å². The van der Waals surface area contributed by atoms with Crippen molar-refractivity contribution in [3.63, 3.8) is 0 Å². The number of anilines is 2. The molecule has 252 valence electrons. The predicted octanol–water partition coefficient (Wildman–Crippen LogP) is 6.99. The van der Waals surface area contributed by atoms with E-state index in [1.807, 2.05) is 54.6 Å². The van der Waals surface area contributed by atoms with Gasteiger partial charge in [0.05, 0.1) is 30.0 Å². The molecule has 0 fully saturated rings. The van der Waals surface area contributed by atoms with E-state index in [1.54, 1.807) is 48.3 Å². The number of amides is 3. The number of halogens is 1. The van der Waals surface area contributed by atoms with Crippen LogP contribution in [0.1, 0.15) is 40.0 Å². The maximum atomic E-state index is 15.4. The van der Waals surface area contributed by atoms with Gasteiger partial charge in [0.25, 0.3) is 11.8 Å². The summed E-state index contributed by atoms with van der Waals surface area (Å²) in [7, 11) is 1.69. The van der Waals surface area contributed by atoms with Crippen LogP contribution in [-0.2, 0) is 9.59 Å². The number of rotatable bonds is 7. The second-order valence-electron chi connectivity index (χ2n) is 12.4. The van der Waals surface area contributed by atoms with E-state index >= 15 is 4.79 Å². The number of hydrogen-bond donors (Lipinski definition) is 2. The molecule has 5 aromatic carbocycles. The van der Waals surface area contributed by atoms with Crippen molar-refractivity contribution in [2.24, 2.45) is 0 Å². The molecule has 9 heteroatoms. The second kappa shape index (κ2) is 14.5.